The fourth-order valence-corrected chi connectivity index (χ4v) is 2.12. The van der Waals surface area contributed by atoms with Gasteiger partial charge in [-0.15, -0.1) is 0 Å². The zero-order valence-corrected chi connectivity index (χ0v) is 12.9. The molecule has 0 bridgehead atoms. The normalized spacial score (nSPS) is 12.3. The monoisotopic (exact) mass is 314 g/mol. The van der Waals surface area contributed by atoms with E-state index in [0.29, 0.717) is 5.56 Å². The molecule has 0 spiro atoms. The van der Waals surface area contributed by atoms with Gasteiger partial charge in [-0.3, -0.25) is 4.79 Å². The Labute approximate surface area is 133 Å². The Balaban J connectivity index is 2.16. The predicted octanol–water partition coefficient (Wildman–Crippen LogP) is 1.72. The van der Waals surface area contributed by atoms with E-state index in [1.165, 1.54) is 6.33 Å². The molecule has 2 aromatic rings. The smallest absolute Gasteiger partial charge is 0.326 e. The second kappa shape index (κ2) is 7.35. The van der Waals surface area contributed by atoms with E-state index in [9.17, 15) is 9.59 Å². The van der Waals surface area contributed by atoms with Gasteiger partial charge in [0.2, 0.25) is 0 Å². The number of allylic oxidation sites excluding steroid dienone is 1. The Kier molecular flexibility index (Phi) is 5.24. The molecule has 1 atom stereocenters. The van der Waals surface area contributed by atoms with Gasteiger partial charge in [-0.2, -0.15) is 5.10 Å². The van der Waals surface area contributed by atoms with Crippen molar-refractivity contribution in [2.24, 2.45) is 0 Å². The van der Waals surface area contributed by atoms with Crippen LogP contribution >= 0.6 is 0 Å². The Morgan fingerprint density at radius 1 is 1.43 bits per heavy atom. The van der Waals surface area contributed by atoms with Crippen molar-refractivity contribution in [3.8, 4) is 5.69 Å². The van der Waals surface area contributed by atoms with Crippen molar-refractivity contribution < 1.29 is 14.7 Å². The van der Waals surface area contributed by atoms with Crippen LogP contribution in [0, 0.1) is 6.92 Å². The molecule has 120 valence electrons. The quantitative estimate of drug-likeness (QED) is 0.791. The minimum absolute atomic E-state index is 0.244. The van der Waals surface area contributed by atoms with Crippen LogP contribution in [0.4, 0.5) is 0 Å². The first kappa shape index (κ1) is 16.4. The molecule has 7 nitrogen and oxygen atoms in total. The molecule has 0 aliphatic carbocycles. The van der Waals surface area contributed by atoms with E-state index >= 15 is 0 Å². The number of hydrogen-bond donors (Lipinski definition) is 2. The van der Waals surface area contributed by atoms with Gasteiger partial charge in [0, 0.05) is 5.56 Å². The van der Waals surface area contributed by atoms with Crippen molar-refractivity contribution in [3.63, 3.8) is 0 Å². The highest BCUT2D eigenvalue weighted by Gasteiger charge is 2.19. The van der Waals surface area contributed by atoms with Crippen LogP contribution in [-0.2, 0) is 4.79 Å². The first-order valence-corrected chi connectivity index (χ1v) is 7.13. The topological polar surface area (TPSA) is 97.1 Å². The Morgan fingerprint density at radius 2 is 2.22 bits per heavy atom. The second-order valence-electron chi connectivity index (χ2n) is 5.01. The number of nitrogens with zero attached hydrogens (tertiary/aromatic N) is 3. The summed E-state index contributed by atoms with van der Waals surface area (Å²) in [5.41, 5.74) is 2.05. The summed E-state index contributed by atoms with van der Waals surface area (Å²) < 4.78 is 1.60. The number of nitrogens with one attached hydrogen (secondary N) is 1. The minimum atomic E-state index is -1.06. The minimum Gasteiger partial charge on any atom is -0.480 e. The molecular weight excluding hydrogens is 296 g/mol. The van der Waals surface area contributed by atoms with Gasteiger partial charge >= 0.3 is 5.97 Å². The van der Waals surface area contributed by atoms with Crippen LogP contribution in [0.5, 0.6) is 0 Å². The van der Waals surface area contributed by atoms with Crippen LogP contribution in [0.3, 0.4) is 0 Å². The highest BCUT2D eigenvalue weighted by atomic mass is 16.4. The largest absolute Gasteiger partial charge is 0.480 e. The molecular formula is C16H18N4O3. The Bertz CT molecular complexity index is 723. The zero-order chi connectivity index (χ0) is 16.8. The van der Waals surface area contributed by atoms with Crippen LogP contribution in [0.2, 0.25) is 0 Å². The second-order valence-corrected chi connectivity index (χ2v) is 5.01. The number of amides is 1. The van der Waals surface area contributed by atoms with Gasteiger partial charge in [0.25, 0.3) is 5.91 Å². The molecule has 2 rings (SSSR count). The van der Waals surface area contributed by atoms with Crippen molar-refractivity contribution in [1.29, 1.82) is 0 Å². The third-order valence-electron chi connectivity index (χ3n) is 3.34. The van der Waals surface area contributed by atoms with Gasteiger partial charge < -0.3 is 10.4 Å². The average Bonchev–Trinajstić information content (AvgIpc) is 3.04. The molecule has 1 amide bonds. The van der Waals surface area contributed by atoms with Gasteiger partial charge in [0.15, 0.2) is 0 Å². The van der Waals surface area contributed by atoms with E-state index in [2.05, 4.69) is 15.4 Å². The van der Waals surface area contributed by atoms with Gasteiger partial charge in [0.05, 0.1) is 5.69 Å². The molecule has 2 N–H and O–H groups in total. The summed E-state index contributed by atoms with van der Waals surface area (Å²) >= 11 is 0. The van der Waals surface area contributed by atoms with Crippen LogP contribution < -0.4 is 5.32 Å². The first-order valence-electron chi connectivity index (χ1n) is 7.13. The predicted molar refractivity (Wildman–Crippen MR) is 84.4 cm³/mol. The van der Waals surface area contributed by atoms with Crippen LogP contribution in [0.15, 0.2) is 43.0 Å². The Morgan fingerprint density at radius 3 is 2.78 bits per heavy atom. The molecule has 0 saturated heterocycles. The number of hydrogen-bond acceptors (Lipinski definition) is 4. The van der Waals surface area contributed by atoms with Crippen molar-refractivity contribution in [2.45, 2.75) is 26.3 Å². The summed E-state index contributed by atoms with van der Waals surface area (Å²) in [6.45, 7) is 3.65. The van der Waals surface area contributed by atoms with Gasteiger partial charge in [0.1, 0.15) is 18.7 Å². The van der Waals surface area contributed by atoms with Crippen molar-refractivity contribution in [1.82, 2.24) is 20.1 Å². The van der Waals surface area contributed by atoms with E-state index in [4.69, 9.17) is 5.11 Å². The van der Waals surface area contributed by atoms with Gasteiger partial charge in [-0.25, -0.2) is 14.5 Å². The molecule has 0 saturated carbocycles. The number of aromatic nitrogens is 3. The summed E-state index contributed by atoms with van der Waals surface area (Å²) in [7, 11) is 0. The molecule has 0 aliphatic heterocycles. The lowest BCUT2D eigenvalue weighted by atomic mass is 10.1. The summed E-state index contributed by atoms with van der Waals surface area (Å²) in [6, 6.07) is 4.13. The highest BCUT2D eigenvalue weighted by Crippen LogP contribution is 2.15. The summed E-state index contributed by atoms with van der Waals surface area (Å²) in [4.78, 5) is 27.3. The molecule has 1 unspecified atom stereocenters. The number of carbonyl (C=O) groups is 2. The molecule has 1 aromatic heterocycles. The number of benzene rings is 1. The fraction of sp³-hybridized carbons (Fsp3) is 0.250. The lowest BCUT2D eigenvalue weighted by molar-refractivity contribution is -0.139. The molecule has 1 heterocycles. The number of carbonyl (C=O) groups excluding carboxylic acids is 1. The maximum absolute atomic E-state index is 12.2. The van der Waals surface area contributed by atoms with Crippen molar-refractivity contribution in [3.05, 3.63) is 54.1 Å². The molecule has 1 aromatic carbocycles. The summed E-state index contributed by atoms with van der Waals surface area (Å²) in [5, 5.41) is 15.7. The van der Waals surface area contributed by atoms with Crippen molar-refractivity contribution >= 4 is 11.9 Å². The SMILES string of the molecule is C/C=C/CC(NC(=O)c1ccc(-n2cncn2)c(C)c1)C(=O)O. The van der Waals surface area contributed by atoms with Gasteiger partial charge in [-0.05, 0) is 44.0 Å². The number of aliphatic carboxylic acids is 1. The van der Waals surface area contributed by atoms with E-state index in [0.717, 1.165) is 11.3 Å². The summed E-state index contributed by atoms with van der Waals surface area (Å²) in [6.07, 6.45) is 6.70. The van der Waals surface area contributed by atoms with Crippen molar-refractivity contribution in [2.75, 3.05) is 0 Å². The fourth-order valence-electron chi connectivity index (χ4n) is 2.12. The average molecular weight is 314 g/mol. The number of aryl methyl sites for hydroxylation is 1. The van der Waals surface area contributed by atoms with Crippen LogP contribution in [-0.4, -0.2) is 37.8 Å². The maximum atomic E-state index is 12.2. The van der Waals surface area contributed by atoms with E-state index in [1.54, 1.807) is 48.3 Å². The molecule has 23 heavy (non-hydrogen) atoms. The van der Waals surface area contributed by atoms with Gasteiger partial charge in [-0.1, -0.05) is 12.2 Å². The van der Waals surface area contributed by atoms with E-state index < -0.39 is 17.9 Å². The van der Waals surface area contributed by atoms with Crippen LogP contribution in [0.1, 0.15) is 29.3 Å². The zero-order valence-electron chi connectivity index (χ0n) is 12.9. The summed E-state index contributed by atoms with van der Waals surface area (Å²) in [5.74, 6) is -1.48. The molecule has 0 radical (unpaired) electrons. The standard InChI is InChI=1S/C16H18N4O3/c1-3-4-5-13(16(22)23)19-15(21)12-6-7-14(11(2)8-12)20-10-17-9-18-20/h3-4,6-10,13H,5H2,1-2H3,(H,19,21)(H,22,23)/b4-3+. The lowest BCUT2D eigenvalue weighted by Gasteiger charge is -2.13. The Hall–Kier alpha value is -2.96. The van der Waals surface area contributed by atoms with E-state index in [-0.39, 0.29) is 6.42 Å². The molecule has 0 aliphatic rings. The first-order chi connectivity index (χ1) is 11.0. The van der Waals surface area contributed by atoms with Crippen LogP contribution in [0.25, 0.3) is 5.69 Å². The number of rotatable bonds is 6. The maximum Gasteiger partial charge on any atom is 0.326 e. The lowest BCUT2D eigenvalue weighted by Crippen LogP contribution is -2.40. The molecule has 7 heteroatoms. The molecule has 0 fully saturated rings. The third kappa shape index (κ3) is 4.03. The van der Waals surface area contributed by atoms with E-state index in [1.807, 2.05) is 6.92 Å². The highest BCUT2D eigenvalue weighted by molar-refractivity contribution is 5.97. The number of carboxylic acid groups (broad SMARTS) is 1. The third-order valence-corrected chi connectivity index (χ3v) is 3.34. The number of carboxylic acids is 1.